The number of aliphatic hydroxyl groups is 1. The Hall–Kier alpha value is -1.65. The topological polar surface area (TPSA) is 65.2 Å². The zero-order chi connectivity index (χ0) is 10.4. The minimum Gasteiger partial charge on any atom is -0.491 e. The van der Waals surface area contributed by atoms with Crippen LogP contribution in [0.4, 0.5) is 4.39 Å². The van der Waals surface area contributed by atoms with Gasteiger partial charge in [-0.15, -0.1) is 0 Å². The van der Waals surface area contributed by atoms with E-state index in [4.69, 9.17) is 10.3 Å². The Kier molecular flexibility index (Phi) is 4.43. The van der Waals surface area contributed by atoms with Crippen LogP contribution in [0.5, 0.6) is 0 Å². The molecule has 4 nitrogen and oxygen atoms in total. The number of oxime groups is 1. The summed E-state index contributed by atoms with van der Waals surface area (Å²) in [6, 6.07) is 0. The number of allylic oxidation sites excluding steroid dienone is 2. The van der Waals surface area contributed by atoms with Gasteiger partial charge in [-0.2, -0.15) is 0 Å². The van der Waals surface area contributed by atoms with Crippen molar-refractivity contribution in [2.24, 2.45) is 10.1 Å². The molecular formula is C8H11FN2O2. The van der Waals surface area contributed by atoms with E-state index in [0.717, 1.165) is 0 Å². The second-order valence-corrected chi connectivity index (χ2v) is 2.17. The summed E-state index contributed by atoms with van der Waals surface area (Å²) < 4.78 is 13.0. The SMILES string of the molecule is C=N/C(O)=C(/F)C(=C)/C(CC)=N/O. The molecule has 5 heteroatoms. The molecule has 0 aromatic carbocycles. The predicted octanol–water partition coefficient (Wildman–Crippen LogP) is 2.18. The molecule has 0 saturated carbocycles. The second kappa shape index (κ2) is 5.08. The highest BCUT2D eigenvalue weighted by Crippen LogP contribution is 2.16. The fraction of sp³-hybridized carbons (Fsp3) is 0.250. The number of hydrogen-bond donors (Lipinski definition) is 2. The lowest BCUT2D eigenvalue weighted by molar-refractivity contribution is 0.317. The summed E-state index contributed by atoms with van der Waals surface area (Å²) in [5.41, 5.74) is -0.150. The molecule has 2 N–H and O–H groups in total. The minimum absolute atomic E-state index is 0.0488. The Bertz CT molecular complexity index is 282. The van der Waals surface area contributed by atoms with Crippen LogP contribution in [-0.2, 0) is 0 Å². The number of halogens is 1. The van der Waals surface area contributed by atoms with Crippen LogP contribution in [0.1, 0.15) is 13.3 Å². The molecule has 0 saturated heterocycles. The van der Waals surface area contributed by atoms with Gasteiger partial charge in [0.1, 0.15) is 0 Å². The summed E-state index contributed by atoms with van der Waals surface area (Å²) in [4.78, 5) is 2.97. The van der Waals surface area contributed by atoms with E-state index in [9.17, 15) is 4.39 Å². The molecule has 0 amide bonds. The molecule has 0 aliphatic carbocycles. The average molecular weight is 186 g/mol. The van der Waals surface area contributed by atoms with Gasteiger partial charge in [-0.3, -0.25) is 0 Å². The van der Waals surface area contributed by atoms with E-state index in [1.165, 1.54) is 0 Å². The lowest BCUT2D eigenvalue weighted by atomic mass is 10.1. The molecule has 0 aromatic heterocycles. The van der Waals surface area contributed by atoms with E-state index in [-0.39, 0.29) is 11.3 Å². The molecule has 0 rings (SSSR count). The number of hydrogen-bond acceptors (Lipinski definition) is 4. The van der Waals surface area contributed by atoms with Crippen molar-refractivity contribution in [1.29, 1.82) is 0 Å². The summed E-state index contributed by atoms with van der Waals surface area (Å²) in [6.07, 6.45) is 0.299. The Balaban J connectivity index is 4.91. The molecule has 0 radical (unpaired) electrons. The molecule has 0 aliphatic heterocycles. The predicted molar refractivity (Wildman–Crippen MR) is 49.0 cm³/mol. The molecule has 72 valence electrons. The van der Waals surface area contributed by atoms with Crippen molar-refractivity contribution in [3.8, 4) is 0 Å². The maximum atomic E-state index is 13.0. The van der Waals surface area contributed by atoms with E-state index in [0.29, 0.717) is 6.42 Å². The summed E-state index contributed by atoms with van der Waals surface area (Å²) >= 11 is 0. The van der Waals surface area contributed by atoms with Crippen molar-refractivity contribution in [1.82, 2.24) is 0 Å². The number of rotatable bonds is 4. The van der Waals surface area contributed by atoms with Crippen LogP contribution in [0.2, 0.25) is 0 Å². The van der Waals surface area contributed by atoms with Crippen LogP contribution in [-0.4, -0.2) is 22.7 Å². The van der Waals surface area contributed by atoms with Crippen LogP contribution in [0, 0.1) is 0 Å². The Morgan fingerprint density at radius 1 is 1.54 bits per heavy atom. The van der Waals surface area contributed by atoms with Crippen molar-refractivity contribution in [2.75, 3.05) is 0 Å². The Labute approximate surface area is 75.4 Å². The maximum Gasteiger partial charge on any atom is 0.247 e. The zero-order valence-electron chi connectivity index (χ0n) is 7.29. The van der Waals surface area contributed by atoms with Gasteiger partial charge in [-0.05, 0) is 13.1 Å². The third-order valence-corrected chi connectivity index (χ3v) is 1.41. The first-order valence-corrected chi connectivity index (χ1v) is 3.54. The van der Waals surface area contributed by atoms with Gasteiger partial charge in [0.15, 0.2) is 5.83 Å². The quantitative estimate of drug-likeness (QED) is 0.232. The summed E-state index contributed by atoms with van der Waals surface area (Å²) in [5.74, 6) is -1.90. The molecule has 0 fully saturated rings. The Morgan fingerprint density at radius 2 is 2.08 bits per heavy atom. The third-order valence-electron chi connectivity index (χ3n) is 1.41. The van der Waals surface area contributed by atoms with Crippen LogP contribution in [0.25, 0.3) is 0 Å². The van der Waals surface area contributed by atoms with Gasteiger partial charge in [0.05, 0.1) is 5.71 Å². The van der Waals surface area contributed by atoms with Gasteiger partial charge < -0.3 is 10.3 Å². The van der Waals surface area contributed by atoms with Crippen LogP contribution in [0.15, 0.2) is 34.0 Å². The van der Waals surface area contributed by atoms with Crippen molar-refractivity contribution in [3.05, 3.63) is 23.9 Å². The van der Waals surface area contributed by atoms with Gasteiger partial charge in [0, 0.05) is 5.57 Å². The molecular weight excluding hydrogens is 175 g/mol. The van der Waals surface area contributed by atoms with Crippen LogP contribution >= 0.6 is 0 Å². The van der Waals surface area contributed by atoms with Crippen LogP contribution < -0.4 is 0 Å². The molecule has 0 heterocycles. The van der Waals surface area contributed by atoms with Gasteiger partial charge >= 0.3 is 0 Å². The van der Waals surface area contributed by atoms with E-state index in [2.05, 4.69) is 23.4 Å². The molecule has 0 atom stereocenters. The van der Waals surface area contributed by atoms with Crippen molar-refractivity contribution >= 4 is 12.4 Å². The van der Waals surface area contributed by atoms with Gasteiger partial charge in [0.2, 0.25) is 5.88 Å². The van der Waals surface area contributed by atoms with E-state index >= 15 is 0 Å². The fourth-order valence-corrected chi connectivity index (χ4v) is 0.676. The van der Waals surface area contributed by atoms with Crippen molar-refractivity contribution in [3.63, 3.8) is 0 Å². The smallest absolute Gasteiger partial charge is 0.247 e. The standard InChI is InChI=1S/C8H11FN2O2/c1-4-6(11-13)5(2)7(9)8(12)10-3/h12-13H,2-4H2,1H3/b8-7-,11-6+. The lowest BCUT2D eigenvalue weighted by Crippen LogP contribution is -2.02. The van der Waals surface area contributed by atoms with E-state index < -0.39 is 11.7 Å². The molecule has 0 unspecified atom stereocenters. The van der Waals surface area contributed by atoms with Gasteiger partial charge in [0.25, 0.3) is 0 Å². The van der Waals surface area contributed by atoms with Gasteiger partial charge in [-0.25, -0.2) is 9.38 Å². The maximum absolute atomic E-state index is 13.0. The van der Waals surface area contributed by atoms with E-state index in [1.807, 2.05) is 0 Å². The average Bonchev–Trinajstić information content (AvgIpc) is 2.17. The minimum atomic E-state index is -1.04. The first-order valence-electron chi connectivity index (χ1n) is 3.54. The fourth-order valence-electron chi connectivity index (χ4n) is 0.676. The molecule has 0 aliphatic rings. The Morgan fingerprint density at radius 3 is 2.38 bits per heavy atom. The third kappa shape index (κ3) is 2.70. The molecule has 13 heavy (non-hydrogen) atoms. The van der Waals surface area contributed by atoms with Crippen molar-refractivity contribution in [2.45, 2.75) is 13.3 Å². The zero-order valence-corrected chi connectivity index (χ0v) is 7.29. The first kappa shape index (κ1) is 11.4. The number of aliphatic imine (C=N–C) groups is 1. The highest BCUT2D eigenvalue weighted by atomic mass is 19.1. The molecule has 0 aromatic rings. The highest BCUT2D eigenvalue weighted by Gasteiger charge is 2.13. The normalized spacial score (nSPS) is 13.5. The second-order valence-electron chi connectivity index (χ2n) is 2.17. The highest BCUT2D eigenvalue weighted by molar-refractivity contribution is 6.02. The van der Waals surface area contributed by atoms with E-state index in [1.54, 1.807) is 6.92 Å². The summed E-state index contributed by atoms with van der Waals surface area (Å²) in [5, 5.41) is 20.0. The largest absolute Gasteiger partial charge is 0.491 e. The van der Waals surface area contributed by atoms with Gasteiger partial charge in [-0.1, -0.05) is 18.7 Å². The van der Waals surface area contributed by atoms with Crippen LogP contribution in [0.3, 0.4) is 0 Å². The molecule has 0 bridgehead atoms. The number of aliphatic hydroxyl groups excluding tert-OH is 1. The van der Waals surface area contributed by atoms with Crippen molar-refractivity contribution < 1.29 is 14.7 Å². The number of nitrogens with zero attached hydrogens (tertiary/aromatic N) is 2. The summed E-state index contributed by atoms with van der Waals surface area (Å²) in [7, 11) is 0. The summed E-state index contributed by atoms with van der Waals surface area (Å²) in [6.45, 7) is 7.89. The monoisotopic (exact) mass is 186 g/mol. The first-order chi connectivity index (χ1) is 6.08. The lowest BCUT2D eigenvalue weighted by Gasteiger charge is -2.02. The molecule has 0 spiro atoms.